The maximum atomic E-state index is 12.5. The lowest BCUT2D eigenvalue weighted by atomic mass is 10.2. The third kappa shape index (κ3) is 1.73. The van der Waals surface area contributed by atoms with Crippen molar-refractivity contribution in [2.24, 2.45) is 0 Å². The van der Waals surface area contributed by atoms with E-state index >= 15 is 0 Å². The number of halogens is 3. The Balaban J connectivity index is 3.36. The van der Waals surface area contributed by atoms with Crippen molar-refractivity contribution in [2.75, 3.05) is 0 Å². The molecule has 0 aliphatic rings. The van der Waals surface area contributed by atoms with Crippen molar-refractivity contribution < 1.29 is 4.39 Å². The van der Waals surface area contributed by atoms with Crippen molar-refractivity contribution in [1.82, 2.24) is 0 Å². The molecule has 0 spiro atoms. The summed E-state index contributed by atoms with van der Waals surface area (Å²) >= 11 is 11.3. The van der Waals surface area contributed by atoms with Crippen molar-refractivity contribution in [3.05, 3.63) is 40.1 Å². The van der Waals surface area contributed by atoms with Crippen LogP contribution in [0.1, 0.15) is 5.56 Å². The topological polar surface area (TPSA) is 0 Å². The maximum absolute atomic E-state index is 12.5. The Kier molecular flexibility index (Phi) is 2.53. The highest BCUT2D eigenvalue weighted by atomic mass is 35.5. The van der Waals surface area contributed by atoms with Crippen molar-refractivity contribution in [3.8, 4) is 0 Å². The molecule has 1 rings (SSSR count). The first kappa shape index (κ1) is 8.57. The summed E-state index contributed by atoms with van der Waals surface area (Å²) in [6, 6.07) is 2.40. The Bertz CT molecular complexity index is 271. The quantitative estimate of drug-likeness (QED) is 0.633. The van der Waals surface area contributed by atoms with Gasteiger partial charge in [0.2, 0.25) is 0 Å². The Morgan fingerprint density at radius 3 is 2.09 bits per heavy atom. The summed E-state index contributed by atoms with van der Waals surface area (Å²) in [6.45, 7) is 3.49. The van der Waals surface area contributed by atoms with Gasteiger partial charge >= 0.3 is 0 Å². The average Bonchev–Trinajstić information content (AvgIpc) is 1.85. The van der Waals surface area contributed by atoms with Gasteiger partial charge in [-0.15, -0.1) is 0 Å². The van der Waals surface area contributed by atoms with Crippen molar-refractivity contribution in [1.29, 1.82) is 0 Å². The van der Waals surface area contributed by atoms with Crippen LogP contribution >= 0.6 is 23.2 Å². The SMILES string of the molecule is C=Cc1c(Cl)cc(F)cc1Cl. The second-order valence-electron chi connectivity index (χ2n) is 1.99. The van der Waals surface area contributed by atoms with E-state index in [0.717, 1.165) is 0 Å². The van der Waals surface area contributed by atoms with E-state index in [1.165, 1.54) is 18.2 Å². The molecule has 0 fully saturated rings. The molecule has 1 aromatic carbocycles. The Labute approximate surface area is 74.2 Å². The van der Waals surface area contributed by atoms with Gasteiger partial charge in [0.1, 0.15) is 5.82 Å². The zero-order valence-electron chi connectivity index (χ0n) is 5.57. The minimum absolute atomic E-state index is 0.282. The molecule has 0 saturated carbocycles. The van der Waals surface area contributed by atoms with Crippen LogP contribution in [-0.4, -0.2) is 0 Å². The number of hydrogen-bond acceptors (Lipinski definition) is 0. The largest absolute Gasteiger partial charge is 0.207 e. The molecule has 0 unspecified atom stereocenters. The summed E-state index contributed by atoms with van der Waals surface area (Å²) in [5, 5.41) is 0.565. The van der Waals surface area contributed by atoms with Gasteiger partial charge in [-0.1, -0.05) is 35.9 Å². The lowest BCUT2D eigenvalue weighted by Gasteiger charge is -2.00. The van der Waals surface area contributed by atoms with Crippen LogP contribution in [0.3, 0.4) is 0 Å². The molecule has 58 valence electrons. The molecule has 0 amide bonds. The lowest BCUT2D eigenvalue weighted by Crippen LogP contribution is -1.80. The van der Waals surface area contributed by atoms with Gasteiger partial charge in [0.05, 0.1) is 10.0 Å². The molecule has 11 heavy (non-hydrogen) atoms. The molecule has 0 aliphatic carbocycles. The molecular weight excluding hydrogens is 186 g/mol. The second kappa shape index (κ2) is 3.24. The van der Waals surface area contributed by atoms with Crippen LogP contribution < -0.4 is 0 Å². The summed E-state index contributed by atoms with van der Waals surface area (Å²) in [5.74, 6) is -0.439. The molecule has 3 heteroatoms. The molecule has 0 radical (unpaired) electrons. The van der Waals surface area contributed by atoms with E-state index < -0.39 is 5.82 Å². The molecule has 0 bridgehead atoms. The molecule has 0 atom stereocenters. The van der Waals surface area contributed by atoms with E-state index in [4.69, 9.17) is 23.2 Å². The zero-order chi connectivity index (χ0) is 8.43. The third-order valence-corrected chi connectivity index (χ3v) is 1.87. The normalized spacial score (nSPS) is 9.73. The summed E-state index contributed by atoms with van der Waals surface area (Å²) in [4.78, 5) is 0. The highest BCUT2D eigenvalue weighted by Crippen LogP contribution is 2.26. The van der Waals surface area contributed by atoms with Crippen LogP contribution in [0.25, 0.3) is 6.08 Å². The van der Waals surface area contributed by atoms with Crippen LogP contribution in [0.4, 0.5) is 4.39 Å². The predicted molar refractivity (Wildman–Crippen MR) is 46.5 cm³/mol. The third-order valence-electron chi connectivity index (χ3n) is 1.25. The van der Waals surface area contributed by atoms with Crippen molar-refractivity contribution in [3.63, 3.8) is 0 Å². The molecule has 0 aliphatic heterocycles. The van der Waals surface area contributed by atoms with Gasteiger partial charge in [-0.05, 0) is 12.1 Å². The fourth-order valence-electron chi connectivity index (χ4n) is 0.748. The van der Waals surface area contributed by atoms with Gasteiger partial charge in [-0.25, -0.2) is 4.39 Å². The summed E-state index contributed by atoms with van der Waals surface area (Å²) < 4.78 is 12.5. The van der Waals surface area contributed by atoms with Gasteiger partial charge in [-0.2, -0.15) is 0 Å². The fourth-order valence-corrected chi connectivity index (χ4v) is 1.36. The van der Waals surface area contributed by atoms with Gasteiger partial charge in [0.15, 0.2) is 0 Å². The van der Waals surface area contributed by atoms with Crippen molar-refractivity contribution in [2.45, 2.75) is 0 Å². The Morgan fingerprint density at radius 1 is 1.27 bits per heavy atom. The van der Waals surface area contributed by atoms with E-state index in [-0.39, 0.29) is 10.0 Å². The first-order valence-electron chi connectivity index (χ1n) is 2.92. The highest BCUT2D eigenvalue weighted by Gasteiger charge is 2.03. The van der Waals surface area contributed by atoms with Crippen LogP contribution in [0, 0.1) is 5.82 Å². The van der Waals surface area contributed by atoms with Crippen molar-refractivity contribution >= 4 is 29.3 Å². The monoisotopic (exact) mass is 190 g/mol. The molecule has 0 saturated heterocycles. The Hall–Kier alpha value is -0.530. The van der Waals surface area contributed by atoms with Crippen LogP contribution in [-0.2, 0) is 0 Å². The maximum Gasteiger partial charge on any atom is 0.126 e. The summed E-state index contributed by atoms with van der Waals surface area (Å²) in [7, 11) is 0. The molecule has 1 aromatic rings. The van der Waals surface area contributed by atoms with E-state index in [1.54, 1.807) is 0 Å². The van der Waals surface area contributed by atoms with E-state index in [1.807, 2.05) is 0 Å². The summed E-state index contributed by atoms with van der Waals surface area (Å²) in [5.41, 5.74) is 0.565. The van der Waals surface area contributed by atoms with Crippen LogP contribution in [0.2, 0.25) is 10.0 Å². The molecular formula is C8H5Cl2F. The second-order valence-corrected chi connectivity index (χ2v) is 2.80. The lowest BCUT2D eigenvalue weighted by molar-refractivity contribution is 0.628. The van der Waals surface area contributed by atoms with Gasteiger partial charge in [-0.3, -0.25) is 0 Å². The van der Waals surface area contributed by atoms with E-state index in [9.17, 15) is 4.39 Å². The summed E-state index contributed by atoms with van der Waals surface area (Å²) in [6.07, 6.45) is 1.49. The molecule has 0 heterocycles. The fraction of sp³-hybridized carbons (Fsp3) is 0. The minimum Gasteiger partial charge on any atom is -0.207 e. The Morgan fingerprint density at radius 2 is 1.73 bits per heavy atom. The van der Waals surface area contributed by atoms with E-state index in [2.05, 4.69) is 6.58 Å². The molecule has 0 N–H and O–H groups in total. The first-order valence-corrected chi connectivity index (χ1v) is 3.67. The average molecular weight is 191 g/mol. The molecule has 0 aromatic heterocycles. The van der Waals surface area contributed by atoms with E-state index in [0.29, 0.717) is 5.56 Å². The number of benzene rings is 1. The van der Waals surface area contributed by atoms with Gasteiger partial charge < -0.3 is 0 Å². The van der Waals surface area contributed by atoms with Gasteiger partial charge in [0.25, 0.3) is 0 Å². The van der Waals surface area contributed by atoms with Gasteiger partial charge in [0, 0.05) is 5.56 Å². The smallest absolute Gasteiger partial charge is 0.126 e. The van der Waals surface area contributed by atoms with Crippen LogP contribution in [0.5, 0.6) is 0 Å². The predicted octanol–water partition coefficient (Wildman–Crippen LogP) is 3.78. The van der Waals surface area contributed by atoms with Crippen LogP contribution in [0.15, 0.2) is 18.7 Å². The number of rotatable bonds is 1. The number of hydrogen-bond donors (Lipinski definition) is 0. The first-order chi connectivity index (χ1) is 5.15. The minimum atomic E-state index is -0.439. The highest BCUT2D eigenvalue weighted by molar-refractivity contribution is 6.37. The standard InChI is InChI=1S/C8H5Cl2F/c1-2-6-7(9)3-5(11)4-8(6)10/h2-4H,1H2. The molecule has 0 nitrogen and oxygen atoms in total. The zero-order valence-corrected chi connectivity index (χ0v) is 7.08.